The van der Waals surface area contributed by atoms with Gasteiger partial charge in [0.25, 0.3) is 11.8 Å². The van der Waals surface area contributed by atoms with Crippen molar-refractivity contribution in [2.24, 2.45) is 5.73 Å². The zero-order chi connectivity index (χ0) is 20.3. The summed E-state index contributed by atoms with van der Waals surface area (Å²) < 4.78 is 0. The topological polar surface area (TPSA) is 91.2 Å². The van der Waals surface area contributed by atoms with Crippen LogP contribution in [0.5, 0.6) is 0 Å². The lowest BCUT2D eigenvalue weighted by Crippen LogP contribution is -2.47. The van der Waals surface area contributed by atoms with E-state index in [-0.39, 0.29) is 11.9 Å². The highest BCUT2D eigenvalue weighted by Gasteiger charge is 2.25. The number of hydrogen-bond acceptors (Lipinski definition) is 3. The van der Waals surface area contributed by atoms with Crippen molar-refractivity contribution in [3.63, 3.8) is 0 Å². The van der Waals surface area contributed by atoms with Crippen LogP contribution in [0.3, 0.4) is 0 Å². The van der Waals surface area contributed by atoms with Crippen LogP contribution in [0.25, 0.3) is 10.9 Å². The first kappa shape index (κ1) is 19.8. The molecule has 1 aliphatic rings. The first-order chi connectivity index (χ1) is 13.4. The van der Waals surface area contributed by atoms with E-state index in [1.165, 1.54) is 0 Å². The average molecular weight is 380 g/mol. The molecule has 0 unspecified atom stereocenters. The second-order valence-corrected chi connectivity index (χ2v) is 7.43. The number of benzene rings is 1. The SMILES string of the molecule is CCCC#CC(=O)N[C@H]1CCCN(c2ccc(C(N)=O)c3[nH]c(C)c(C)c23)C1. The van der Waals surface area contributed by atoms with E-state index in [4.69, 9.17) is 5.73 Å². The number of aromatic amines is 1. The summed E-state index contributed by atoms with van der Waals surface area (Å²) in [4.78, 5) is 29.5. The number of H-pyrrole nitrogens is 1. The second kappa shape index (κ2) is 8.39. The number of carbonyl (C=O) groups excluding carboxylic acids is 2. The van der Waals surface area contributed by atoms with E-state index in [0.717, 1.165) is 66.6 Å². The van der Waals surface area contributed by atoms with Gasteiger partial charge in [-0.05, 0) is 56.7 Å². The monoisotopic (exact) mass is 380 g/mol. The highest BCUT2D eigenvalue weighted by atomic mass is 16.1. The number of carbonyl (C=O) groups is 2. The molecular formula is C22H28N4O2. The molecule has 1 saturated heterocycles. The Morgan fingerprint density at radius 1 is 1.36 bits per heavy atom. The van der Waals surface area contributed by atoms with Crippen LogP contribution in [0, 0.1) is 25.7 Å². The zero-order valence-electron chi connectivity index (χ0n) is 16.8. The normalized spacial score (nSPS) is 16.5. The van der Waals surface area contributed by atoms with Gasteiger partial charge in [-0.15, -0.1) is 0 Å². The van der Waals surface area contributed by atoms with Gasteiger partial charge in [0.05, 0.1) is 11.1 Å². The lowest BCUT2D eigenvalue weighted by Gasteiger charge is -2.35. The fraction of sp³-hybridized carbons (Fsp3) is 0.455. The predicted molar refractivity (Wildman–Crippen MR) is 112 cm³/mol. The molecule has 3 rings (SSSR count). The molecule has 1 aliphatic heterocycles. The van der Waals surface area contributed by atoms with E-state index in [1.807, 2.05) is 19.9 Å². The van der Waals surface area contributed by atoms with Crippen LogP contribution >= 0.6 is 0 Å². The molecule has 148 valence electrons. The summed E-state index contributed by atoms with van der Waals surface area (Å²) in [7, 11) is 0. The Morgan fingerprint density at radius 3 is 2.86 bits per heavy atom. The Balaban J connectivity index is 1.86. The first-order valence-electron chi connectivity index (χ1n) is 9.88. The summed E-state index contributed by atoms with van der Waals surface area (Å²) in [6, 6.07) is 3.81. The van der Waals surface area contributed by atoms with Crippen LogP contribution in [0.2, 0.25) is 0 Å². The number of primary amides is 1. The van der Waals surface area contributed by atoms with Gasteiger partial charge in [-0.2, -0.15) is 0 Å². The lowest BCUT2D eigenvalue weighted by atomic mass is 10.0. The summed E-state index contributed by atoms with van der Waals surface area (Å²) >= 11 is 0. The minimum Gasteiger partial charge on any atom is -0.369 e. The minimum absolute atomic E-state index is 0.0587. The van der Waals surface area contributed by atoms with Crippen molar-refractivity contribution in [2.75, 3.05) is 18.0 Å². The van der Waals surface area contributed by atoms with Crippen molar-refractivity contribution >= 4 is 28.4 Å². The Bertz CT molecular complexity index is 964. The second-order valence-electron chi connectivity index (χ2n) is 7.43. The number of nitrogens with two attached hydrogens (primary N) is 1. The van der Waals surface area contributed by atoms with Crippen LogP contribution in [0.15, 0.2) is 12.1 Å². The molecule has 0 saturated carbocycles. The standard InChI is InChI=1S/C22H28N4O2/c1-4-5-6-9-19(27)25-16-8-7-12-26(13-16)18-11-10-17(22(23)28)21-20(18)14(2)15(3)24-21/h10-11,16,24H,4-5,7-8,12-13H2,1-3H3,(H2,23,28)(H,25,27)/t16-/m0/s1. The first-order valence-corrected chi connectivity index (χ1v) is 9.88. The van der Waals surface area contributed by atoms with Gasteiger partial charge >= 0.3 is 0 Å². The van der Waals surface area contributed by atoms with Crippen LogP contribution < -0.4 is 16.0 Å². The number of hydrogen-bond donors (Lipinski definition) is 3. The summed E-state index contributed by atoms with van der Waals surface area (Å²) in [5.74, 6) is 4.92. The van der Waals surface area contributed by atoms with Crippen molar-refractivity contribution in [1.29, 1.82) is 0 Å². The molecule has 1 aromatic carbocycles. The van der Waals surface area contributed by atoms with E-state index in [2.05, 4.69) is 34.0 Å². The molecule has 4 N–H and O–H groups in total. The number of nitrogens with one attached hydrogen (secondary N) is 2. The van der Waals surface area contributed by atoms with Gasteiger partial charge in [0, 0.05) is 42.3 Å². The number of aryl methyl sites for hydroxylation is 2. The van der Waals surface area contributed by atoms with Crippen molar-refractivity contribution < 1.29 is 9.59 Å². The molecule has 2 aromatic rings. The highest BCUT2D eigenvalue weighted by molar-refractivity contribution is 6.10. The highest BCUT2D eigenvalue weighted by Crippen LogP contribution is 2.34. The molecule has 0 aliphatic carbocycles. The number of nitrogens with zero attached hydrogens (tertiary/aromatic N) is 1. The zero-order valence-corrected chi connectivity index (χ0v) is 16.8. The van der Waals surface area contributed by atoms with E-state index in [9.17, 15) is 9.59 Å². The Hall–Kier alpha value is -2.94. The molecule has 0 bridgehead atoms. The number of aromatic nitrogens is 1. The van der Waals surface area contributed by atoms with Crippen molar-refractivity contribution in [3.8, 4) is 11.8 Å². The molecule has 6 heteroatoms. The summed E-state index contributed by atoms with van der Waals surface area (Å²) in [5, 5.41) is 4.07. The van der Waals surface area contributed by atoms with E-state index < -0.39 is 5.91 Å². The molecular weight excluding hydrogens is 352 g/mol. The lowest BCUT2D eigenvalue weighted by molar-refractivity contribution is -0.116. The maximum atomic E-state index is 12.1. The third-order valence-electron chi connectivity index (χ3n) is 5.37. The third-order valence-corrected chi connectivity index (χ3v) is 5.37. The van der Waals surface area contributed by atoms with Crippen LogP contribution in [0.4, 0.5) is 5.69 Å². The van der Waals surface area contributed by atoms with Crippen LogP contribution in [-0.2, 0) is 4.79 Å². The fourth-order valence-electron chi connectivity index (χ4n) is 3.84. The molecule has 1 aromatic heterocycles. The van der Waals surface area contributed by atoms with E-state index in [1.54, 1.807) is 6.07 Å². The van der Waals surface area contributed by atoms with E-state index in [0.29, 0.717) is 5.56 Å². The average Bonchev–Trinajstić information content (AvgIpc) is 2.96. The molecule has 2 amide bonds. The van der Waals surface area contributed by atoms with Gasteiger partial charge < -0.3 is 20.9 Å². The largest absolute Gasteiger partial charge is 0.369 e. The van der Waals surface area contributed by atoms with Crippen LogP contribution in [-0.4, -0.2) is 35.9 Å². The van der Waals surface area contributed by atoms with Gasteiger partial charge in [0.15, 0.2) is 0 Å². The summed E-state index contributed by atoms with van der Waals surface area (Å²) in [6.07, 6.45) is 3.60. The van der Waals surface area contributed by atoms with Crippen molar-refractivity contribution in [1.82, 2.24) is 10.3 Å². The summed E-state index contributed by atoms with van der Waals surface area (Å²) in [5.41, 5.74) is 10.1. The number of fused-ring (bicyclic) bond motifs is 1. The van der Waals surface area contributed by atoms with Crippen molar-refractivity contribution in [3.05, 3.63) is 29.0 Å². The van der Waals surface area contributed by atoms with Gasteiger partial charge in [-0.3, -0.25) is 9.59 Å². The van der Waals surface area contributed by atoms with Gasteiger partial charge in [0.1, 0.15) is 0 Å². The molecule has 1 fully saturated rings. The van der Waals surface area contributed by atoms with Gasteiger partial charge in [0.2, 0.25) is 0 Å². The quantitative estimate of drug-likeness (QED) is 0.712. The molecule has 2 heterocycles. The van der Waals surface area contributed by atoms with Gasteiger partial charge in [-0.25, -0.2) is 0 Å². The van der Waals surface area contributed by atoms with E-state index >= 15 is 0 Å². The Morgan fingerprint density at radius 2 is 2.14 bits per heavy atom. The number of rotatable bonds is 4. The van der Waals surface area contributed by atoms with Crippen LogP contribution in [0.1, 0.15) is 54.2 Å². The fourth-order valence-corrected chi connectivity index (χ4v) is 3.84. The number of piperidine rings is 1. The minimum atomic E-state index is -0.438. The Labute approximate surface area is 165 Å². The predicted octanol–water partition coefficient (Wildman–Crippen LogP) is 2.77. The maximum absolute atomic E-state index is 12.1. The molecule has 1 atom stereocenters. The summed E-state index contributed by atoms with van der Waals surface area (Å²) in [6.45, 7) is 7.71. The maximum Gasteiger partial charge on any atom is 0.296 e. The number of anilines is 1. The molecule has 0 radical (unpaired) electrons. The number of amides is 2. The van der Waals surface area contributed by atoms with Gasteiger partial charge in [-0.1, -0.05) is 12.8 Å². The Kier molecular flexibility index (Phi) is 5.93. The molecule has 6 nitrogen and oxygen atoms in total. The molecule has 28 heavy (non-hydrogen) atoms. The smallest absolute Gasteiger partial charge is 0.296 e. The number of unbranched alkanes of at least 4 members (excludes halogenated alkanes) is 1. The van der Waals surface area contributed by atoms with Crippen molar-refractivity contribution in [2.45, 2.75) is 52.5 Å². The molecule has 0 spiro atoms. The third kappa shape index (κ3) is 3.99.